The third-order valence-corrected chi connectivity index (χ3v) is 7.99. The molecule has 1 spiro atoms. The summed E-state index contributed by atoms with van der Waals surface area (Å²) in [6, 6.07) is 0.291. The number of hydrogen-bond donors (Lipinski definition) is 2. The second-order valence-corrected chi connectivity index (χ2v) is 15.0. The lowest BCUT2D eigenvalue weighted by Gasteiger charge is -2.43. The maximum absolute atomic E-state index is 13.5. The maximum atomic E-state index is 13.5. The number of halogens is 3. The van der Waals surface area contributed by atoms with E-state index in [9.17, 15) is 18.0 Å². The van der Waals surface area contributed by atoms with Crippen LogP contribution >= 0.6 is 0 Å². The van der Waals surface area contributed by atoms with E-state index in [0.717, 1.165) is 11.6 Å². The van der Waals surface area contributed by atoms with Crippen molar-refractivity contribution in [3.8, 4) is 0 Å². The number of carbonyl (C=O) groups is 1. The van der Waals surface area contributed by atoms with Crippen molar-refractivity contribution in [1.82, 2.24) is 15.1 Å². The molecule has 2 heterocycles. The summed E-state index contributed by atoms with van der Waals surface area (Å²) in [5, 5.41) is 6.72. The highest BCUT2D eigenvalue weighted by Gasteiger charge is 2.74. The largest absolute Gasteiger partial charge is 0.391 e. The molecule has 3 unspecified atom stereocenters. The van der Waals surface area contributed by atoms with E-state index in [1.165, 1.54) is 4.90 Å². The zero-order chi connectivity index (χ0) is 20.8. The van der Waals surface area contributed by atoms with E-state index in [2.05, 4.69) is 29.8 Å². The highest BCUT2D eigenvalue weighted by atomic mass is 28.3. The maximum Gasteiger partial charge on any atom is 0.391 e. The summed E-state index contributed by atoms with van der Waals surface area (Å²) in [7, 11) is -1.29. The number of carbonyl (C=O) groups excluding carboxylic acids is 1. The minimum absolute atomic E-state index is 0.00795. The average Bonchev–Trinajstić information content (AvgIpc) is 2.95. The van der Waals surface area contributed by atoms with Crippen LogP contribution in [0.15, 0.2) is 12.4 Å². The van der Waals surface area contributed by atoms with Crippen LogP contribution in [0.1, 0.15) is 24.8 Å². The number of piperidine rings is 1. The quantitative estimate of drug-likeness (QED) is 0.548. The predicted molar refractivity (Wildman–Crippen MR) is 102 cm³/mol. The molecule has 0 radical (unpaired) electrons. The first-order chi connectivity index (χ1) is 12.9. The van der Waals surface area contributed by atoms with Crippen LogP contribution in [0.25, 0.3) is 0 Å². The van der Waals surface area contributed by atoms with Crippen molar-refractivity contribution < 1.29 is 22.7 Å². The number of aromatic nitrogens is 2. The van der Waals surface area contributed by atoms with Gasteiger partial charge in [0.1, 0.15) is 0 Å². The molecule has 1 saturated carbocycles. The molecule has 1 aromatic rings. The normalized spacial score (nSPS) is 30.6. The van der Waals surface area contributed by atoms with Crippen LogP contribution in [0.2, 0.25) is 25.7 Å². The summed E-state index contributed by atoms with van der Waals surface area (Å²) < 4.78 is 46.4. The van der Waals surface area contributed by atoms with Gasteiger partial charge in [-0.05, 0) is 25.3 Å². The van der Waals surface area contributed by atoms with Gasteiger partial charge in [0.15, 0.2) is 0 Å². The van der Waals surface area contributed by atoms with Crippen molar-refractivity contribution in [1.29, 1.82) is 0 Å². The molecule has 10 heteroatoms. The van der Waals surface area contributed by atoms with E-state index >= 15 is 0 Å². The highest BCUT2D eigenvalue weighted by molar-refractivity contribution is 6.76. The van der Waals surface area contributed by atoms with Crippen molar-refractivity contribution in [2.24, 2.45) is 11.7 Å². The summed E-state index contributed by atoms with van der Waals surface area (Å²) in [4.78, 5) is 13.5. The molecule has 1 aliphatic heterocycles. The number of likely N-dealkylation sites (tertiary alicyclic amines) is 1. The van der Waals surface area contributed by atoms with Gasteiger partial charge in [0.05, 0.1) is 24.3 Å². The van der Waals surface area contributed by atoms with Crippen LogP contribution in [0.4, 0.5) is 18.0 Å². The Hall–Kier alpha value is -1.55. The first kappa shape index (κ1) is 21.2. The van der Waals surface area contributed by atoms with E-state index in [0.29, 0.717) is 13.0 Å². The summed E-state index contributed by atoms with van der Waals surface area (Å²) in [5.74, 6) is -1.45. The standard InChI is InChI=1S/C18H29F3N4O2Si/c1-28(2,3)7-6-27-12-16(14-9-23-24-10-14)11-17(16)8-13(18(19,20)21)4-5-25(17)15(22)26/h9-10,13H,4-8,11-12H2,1-3H3,(H2,22,26)(H,23,24). The van der Waals surface area contributed by atoms with Crippen LogP contribution in [-0.4, -0.2) is 60.7 Å². The number of H-pyrrole nitrogens is 1. The summed E-state index contributed by atoms with van der Waals surface area (Å²) in [5.41, 5.74) is 4.66. The average molecular weight is 419 g/mol. The Morgan fingerprint density at radius 2 is 2.18 bits per heavy atom. The molecular weight excluding hydrogens is 389 g/mol. The number of ether oxygens (including phenoxy) is 1. The van der Waals surface area contributed by atoms with E-state index in [-0.39, 0.29) is 26.0 Å². The van der Waals surface area contributed by atoms with Gasteiger partial charge in [0.25, 0.3) is 0 Å². The van der Waals surface area contributed by atoms with Crippen molar-refractivity contribution >= 4 is 14.1 Å². The summed E-state index contributed by atoms with van der Waals surface area (Å²) in [6.45, 7) is 7.55. The van der Waals surface area contributed by atoms with Gasteiger partial charge in [0.2, 0.25) is 0 Å². The Labute approximate surface area is 164 Å². The second-order valence-electron chi connectivity index (χ2n) is 9.36. The number of nitrogens with one attached hydrogen (secondary N) is 1. The first-order valence-corrected chi connectivity index (χ1v) is 13.3. The molecular formula is C18H29F3N4O2Si. The van der Waals surface area contributed by atoms with E-state index < -0.39 is 37.2 Å². The number of aromatic amines is 1. The monoisotopic (exact) mass is 418 g/mol. The molecule has 2 amide bonds. The molecule has 28 heavy (non-hydrogen) atoms. The molecule has 2 fully saturated rings. The molecule has 2 aliphatic rings. The highest BCUT2D eigenvalue weighted by Crippen LogP contribution is 2.66. The van der Waals surface area contributed by atoms with Crippen molar-refractivity contribution in [3.05, 3.63) is 18.0 Å². The molecule has 1 aliphatic carbocycles. The van der Waals surface area contributed by atoms with Crippen LogP contribution in [0.3, 0.4) is 0 Å². The zero-order valence-corrected chi connectivity index (χ0v) is 17.6. The molecule has 3 atom stereocenters. The van der Waals surface area contributed by atoms with Crippen LogP contribution in [0.5, 0.6) is 0 Å². The number of amides is 2. The van der Waals surface area contributed by atoms with Gasteiger partial charge in [-0.25, -0.2) is 4.79 Å². The molecule has 1 saturated heterocycles. The van der Waals surface area contributed by atoms with Crippen LogP contribution in [0, 0.1) is 5.92 Å². The Kier molecular flexibility index (Phi) is 5.33. The lowest BCUT2D eigenvalue weighted by molar-refractivity contribution is -0.190. The first-order valence-electron chi connectivity index (χ1n) is 9.62. The fourth-order valence-electron chi connectivity index (χ4n) is 4.57. The fraction of sp³-hybridized carbons (Fsp3) is 0.778. The minimum atomic E-state index is -4.29. The van der Waals surface area contributed by atoms with E-state index in [1.807, 2.05) is 0 Å². The van der Waals surface area contributed by atoms with Crippen LogP contribution in [-0.2, 0) is 10.2 Å². The smallest absolute Gasteiger partial charge is 0.381 e. The minimum Gasteiger partial charge on any atom is -0.381 e. The van der Waals surface area contributed by atoms with E-state index in [4.69, 9.17) is 10.5 Å². The lowest BCUT2D eigenvalue weighted by Crippen LogP contribution is -2.56. The molecule has 3 N–H and O–H groups in total. The number of alkyl halides is 3. The number of primary amides is 1. The van der Waals surface area contributed by atoms with Gasteiger partial charge < -0.3 is 15.4 Å². The molecule has 3 rings (SSSR count). The van der Waals surface area contributed by atoms with Crippen molar-refractivity contribution in [2.75, 3.05) is 19.8 Å². The van der Waals surface area contributed by atoms with Gasteiger partial charge in [-0.2, -0.15) is 18.3 Å². The van der Waals surface area contributed by atoms with Gasteiger partial charge >= 0.3 is 12.2 Å². The number of nitrogens with two attached hydrogens (primary N) is 1. The van der Waals surface area contributed by atoms with Crippen molar-refractivity contribution in [2.45, 2.75) is 62.1 Å². The Balaban J connectivity index is 1.87. The van der Waals surface area contributed by atoms with Crippen molar-refractivity contribution in [3.63, 3.8) is 0 Å². The SMILES string of the molecule is C[Si](C)(C)CCOCC1(c2cn[nH]c2)CC12CC(C(F)(F)F)CCN2C(N)=O. The van der Waals surface area contributed by atoms with Gasteiger partial charge in [-0.3, -0.25) is 5.10 Å². The van der Waals surface area contributed by atoms with Gasteiger partial charge in [-0.15, -0.1) is 0 Å². The fourth-order valence-corrected chi connectivity index (χ4v) is 5.33. The third-order valence-electron chi connectivity index (χ3n) is 6.29. The summed E-state index contributed by atoms with van der Waals surface area (Å²) >= 11 is 0. The molecule has 158 valence electrons. The van der Waals surface area contributed by atoms with Gasteiger partial charge in [-0.1, -0.05) is 19.6 Å². The number of rotatable bonds is 6. The van der Waals surface area contributed by atoms with Gasteiger partial charge in [0, 0.05) is 38.4 Å². The Morgan fingerprint density at radius 1 is 1.46 bits per heavy atom. The molecule has 0 bridgehead atoms. The molecule has 6 nitrogen and oxygen atoms in total. The summed E-state index contributed by atoms with van der Waals surface area (Å²) in [6.07, 6.45) is -0.851. The van der Waals surface area contributed by atoms with Crippen LogP contribution < -0.4 is 5.73 Å². The Morgan fingerprint density at radius 3 is 2.71 bits per heavy atom. The molecule has 0 aromatic carbocycles. The zero-order valence-electron chi connectivity index (χ0n) is 16.6. The predicted octanol–water partition coefficient (Wildman–Crippen LogP) is 3.50. The number of nitrogens with zero attached hydrogens (tertiary/aromatic N) is 2. The molecule has 1 aromatic heterocycles. The number of urea groups is 1. The topological polar surface area (TPSA) is 84.2 Å². The Bertz CT molecular complexity index is 707. The number of hydrogen-bond acceptors (Lipinski definition) is 3. The van der Waals surface area contributed by atoms with E-state index in [1.54, 1.807) is 12.4 Å². The third kappa shape index (κ3) is 3.80. The lowest BCUT2D eigenvalue weighted by atomic mass is 9.81. The second kappa shape index (κ2) is 7.05.